The van der Waals surface area contributed by atoms with Gasteiger partial charge in [0.15, 0.2) is 17.5 Å². The molecular weight excluding hydrogens is 447 g/mol. The van der Waals surface area contributed by atoms with Gasteiger partial charge in [-0.25, -0.2) is 13.2 Å². The molecule has 0 unspecified atom stereocenters. The molecule has 1 aliphatic heterocycles. The molecule has 174 valence electrons. The van der Waals surface area contributed by atoms with E-state index < -0.39 is 29.3 Å². The van der Waals surface area contributed by atoms with Crippen molar-refractivity contribution < 1.29 is 22.8 Å². The Morgan fingerprint density at radius 2 is 1.91 bits per heavy atom. The molecule has 5 rings (SSSR count). The lowest BCUT2D eigenvalue weighted by molar-refractivity contribution is -0.119. The third-order valence-corrected chi connectivity index (χ3v) is 6.10. The Hall–Kier alpha value is -4.08. The van der Waals surface area contributed by atoms with Crippen LogP contribution in [0.1, 0.15) is 16.9 Å². The third-order valence-electron chi connectivity index (χ3n) is 6.10. The van der Waals surface area contributed by atoms with Crippen molar-refractivity contribution in [3.8, 4) is 11.3 Å². The Morgan fingerprint density at radius 1 is 1.15 bits per heavy atom. The maximum absolute atomic E-state index is 13.4. The van der Waals surface area contributed by atoms with Crippen molar-refractivity contribution in [2.45, 2.75) is 6.42 Å². The molecule has 0 bridgehead atoms. The lowest BCUT2D eigenvalue weighted by Gasteiger charge is -2.16. The second-order valence-electron chi connectivity index (χ2n) is 8.31. The van der Waals surface area contributed by atoms with Crippen LogP contribution in [0.3, 0.4) is 0 Å². The van der Waals surface area contributed by atoms with Crippen LogP contribution in [0.15, 0.2) is 48.9 Å². The summed E-state index contributed by atoms with van der Waals surface area (Å²) in [6.07, 6.45) is 5.85. The monoisotopic (exact) mass is 467 g/mol. The van der Waals surface area contributed by atoms with Gasteiger partial charge < -0.3 is 19.8 Å². The highest BCUT2D eigenvalue weighted by molar-refractivity contribution is 5.98. The van der Waals surface area contributed by atoms with Crippen molar-refractivity contribution in [1.29, 1.82) is 0 Å². The molecule has 1 atom stereocenters. The van der Waals surface area contributed by atoms with Gasteiger partial charge >= 0.3 is 0 Å². The van der Waals surface area contributed by atoms with E-state index in [2.05, 4.69) is 15.3 Å². The number of hydrogen-bond donors (Lipinski definition) is 2. The zero-order valence-corrected chi connectivity index (χ0v) is 18.1. The number of amides is 2. The third kappa shape index (κ3) is 3.81. The summed E-state index contributed by atoms with van der Waals surface area (Å²) in [5.74, 6) is -5.67. The van der Waals surface area contributed by atoms with Crippen molar-refractivity contribution in [2.24, 2.45) is 13.0 Å². The molecule has 4 heterocycles. The number of carbonyl (C=O) groups excluding carboxylic acids is 2. The molecular formula is C24H20F3N5O2. The van der Waals surface area contributed by atoms with Crippen molar-refractivity contribution in [3.05, 3.63) is 72.1 Å². The fraction of sp³-hybridized carbons (Fsp3) is 0.208. The van der Waals surface area contributed by atoms with Gasteiger partial charge in [-0.1, -0.05) is 0 Å². The number of fused-ring (bicyclic) bond motifs is 1. The first kappa shape index (κ1) is 21.7. The van der Waals surface area contributed by atoms with E-state index in [1.165, 1.54) is 0 Å². The van der Waals surface area contributed by atoms with E-state index in [0.717, 1.165) is 34.3 Å². The second-order valence-corrected chi connectivity index (χ2v) is 8.31. The fourth-order valence-electron chi connectivity index (χ4n) is 4.33. The first-order valence-corrected chi connectivity index (χ1v) is 10.6. The van der Waals surface area contributed by atoms with Crippen LogP contribution in [0.2, 0.25) is 0 Å². The number of H-pyrrole nitrogens is 1. The van der Waals surface area contributed by atoms with Crippen molar-refractivity contribution >= 4 is 28.4 Å². The van der Waals surface area contributed by atoms with Gasteiger partial charge in [-0.3, -0.25) is 14.6 Å². The predicted molar refractivity (Wildman–Crippen MR) is 119 cm³/mol. The molecule has 0 saturated carbocycles. The van der Waals surface area contributed by atoms with Gasteiger partial charge in [0, 0.05) is 73.2 Å². The highest BCUT2D eigenvalue weighted by Gasteiger charge is 2.32. The Bertz CT molecular complexity index is 1400. The molecule has 10 heteroatoms. The summed E-state index contributed by atoms with van der Waals surface area (Å²) in [5.41, 5.74) is 2.92. The van der Waals surface area contributed by atoms with Gasteiger partial charge in [-0.15, -0.1) is 0 Å². The maximum Gasteiger partial charge on any atom is 0.270 e. The average Bonchev–Trinajstić information content (AvgIpc) is 3.56. The molecule has 0 radical (unpaired) electrons. The quantitative estimate of drug-likeness (QED) is 0.444. The summed E-state index contributed by atoms with van der Waals surface area (Å²) >= 11 is 0. The van der Waals surface area contributed by atoms with Gasteiger partial charge in [0.2, 0.25) is 5.91 Å². The standard InChI is InChI=1S/C24H20F3N5O2/c1-31-12-16(15-10-28-6-4-21(15)31)19-2-3-20(30-19)24(34)32-7-5-13(11-32)23(33)29-14-8-17(25)22(27)18(26)9-14/h2-4,6,8-10,12-13,30H,5,7,11H2,1H3,(H,29,33)/t13-/m0/s1. The molecule has 4 aromatic rings. The number of nitrogens with one attached hydrogen (secondary N) is 2. The molecule has 1 aliphatic rings. The van der Waals surface area contributed by atoms with E-state index in [1.807, 2.05) is 29.9 Å². The fourth-order valence-corrected chi connectivity index (χ4v) is 4.33. The number of carbonyl (C=O) groups is 2. The van der Waals surface area contributed by atoms with Crippen LogP contribution in [-0.2, 0) is 11.8 Å². The number of hydrogen-bond acceptors (Lipinski definition) is 3. The molecule has 2 amide bonds. The lowest BCUT2D eigenvalue weighted by Crippen LogP contribution is -2.31. The Kier molecular flexibility index (Phi) is 5.35. The van der Waals surface area contributed by atoms with Crippen molar-refractivity contribution in [2.75, 3.05) is 18.4 Å². The number of likely N-dealkylation sites (tertiary alicyclic amines) is 1. The van der Waals surface area contributed by atoms with Crippen LogP contribution in [0.5, 0.6) is 0 Å². The largest absolute Gasteiger partial charge is 0.350 e. The summed E-state index contributed by atoms with van der Waals surface area (Å²) in [6, 6.07) is 6.88. The van der Waals surface area contributed by atoms with E-state index >= 15 is 0 Å². The molecule has 2 N–H and O–H groups in total. The number of anilines is 1. The van der Waals surface area contributed by atoms with Crippen molar-refractivity contribution in [1.82, 2.24) is 19.4 Å². The van der Waals surface area contributed by atoms with Gasteiger partial charge in [-0.2, -0.15) is 0 Å². The second kappa shape index (κ2) is 8.36. The van der Waals surface area contributed by atoms with E-state index in [-0.39, 0.29) is 18.1 Å². The molecule has 7 nitrogen and oxygen atoms in total. The number of benzene rings is 1. The first-order valence-electron chi connectivity index (χ1n) is 10.6. The number of halogens is 3. The zero-order chi connectivity index (χ0) is 24.0. The molecule has 1 saturated heterocycles. The minimum absolute atomic E-state index is 0.156. The zero-order valence-electron chi connectivity index (χ0n) is 18.1. The summed E-state index contributed by atoms with van der Waals surface area (Å²) in [7, 11) is 1.94. The van der Waals surface area contributed by atoms with Gasteiger partial charge in [0.25, 0.3) is 5.91 Å². The number of nitrogens with zero attached hydrogens (tertiary/aromatic N) is 3. The predicted octanol–water partition coefficient (Wildman–Crippen LogP) is 4.09. The first-order chi connectivity index (χ1) is 16.3. The average molecular weight is 467 g/mol. The highest BCUT2D eigenvalue weighted by atomic mass is 19.2. The highest BCUT2D eigenvalue weighted by Crippen LogP contribution is 2.30. The van der Waals surface area contributed by atoms with Crippen LogP contribution < -0.4 is 5.32 Å². The maximum atomic E-state index is 13.4. The van der Waals surface area contributed by atoms with Gasteiger partial charge in [-0.05, 0) is 24.6 Å². The Morgan fingerprint density at radius 3 is 2.68 bits per heavy atom. The lowest BCUT2D eigenvalue weighted by atomic mass is 10.1. The van der Waals surface area contributed by atoms with Gasteiger partial charge in [0.1, 0.15) is 5.69 Å². The summed E-state index contributed by atoms with van der Waals surface area (Å²) in [5, 5.41) is 3.35. The normalized spacial score (nSPS) is 15.8. The smallest absolute Gasteiger partial charge is 0.270 e. The molecule has 0 spiro atoms. The number of aryl methyl sites for hydroxylation is 1. The molecule has 1 aromatic carbocycles. The van der Waals surface area contributed by atoms with E-state index in [0.29, 0.717) is 18.7 Å². The number of pyridine rings is 1. The SMILES string of the molecule is Cn1cc(-c2ccc(C(=O)N3CC[C@H](C(=O)Nc4cc(F)c(F)c(F)c4)C3)[nH]2)c2cnccc21. The molecule has 3 aromatic heterocycles. The summed E-state index contributed by atoms with van der Waals surface area (Å²) in [6.45, 7) is 0.513. The number of aromatic amines is 1. The van der Waals surface area contributed by atoms with E-state index in [4.69, 9.17) is 0 Å². The summed E-state index contributed by atoms with van der Waals surface area (Å²) < 4.78 is 41.9. The van der Waals surface area contributed by atoms with Crippen LogP contribution in [0.25, 0.3) is 22.2 Å². The topological polar surface area (TPSA) is 83.0 Å². The van der Waals surface area contributed by atoms with Crippen LogP contribution in [0.4, 0.5) is 18.9 Å². The van der Waals surface area contributed by atoms with E-state index in [9.17, 15) is 22.8 Å². The molecule has 34 heavy (non-hydrogen) atoms. The van der Waals surface area contributed by atoms with Crippen LogP contribution in [-0.4, -0.2) is 44.3 Å². The number of aromatic nitrogens is 3. The Balaban J connectivity index is 1.28. The Labute approximate surface area is 192 Å². The molecule has 0 aliphatic carbocycles. The van der Waals surface area contributed by atoms with E-state index in [1.54, 1.807) is 23.4 Å². The van der Waals surface area contributed by atoms with Crippen molar-refractivity contribution in [3.63, 3.8) is 0 Å². The van der Waals surface area contributed by atoms with Crippen LogP contribution in [0, 0.1) is 23.4 Å². The minimum Gasteiger partial charge on any atom is -0.350 e. The van der Waals surface area contributed by atoms with Gasteiger partial charge in [0.05, 0.1) is 11.4 Å². The van der Waals surface area contributed by atoms with Crippen LogP contribution >= 0.6 is 0 Å². The summed E-state index contributed by atoms with van der Waals surface area (Å²) in [4.78, 5) is 34.5. The number of rotatable bonds is 4. The minimum atomic E-state index is -1.60. The molecule has 1 fully saturated rings.